The molecule has 0 spiro atoms. The molecule has 4 nitrogen and oxygen atoms in total. The molecule has 0 aromatic rings. The van der Waals surface area contributed by atoms with E-state index in [0.29, 0.717) is 6.54 Å². The molecule has 0 radical (unpaired) electrons. The fourth-order valence-electron chi connectivity index (χ4n) is 0.182. The molecule has 0 aromatic heterocycles. The summed E-state index contributed by atoms with van der Waals surface area (Å²) in [5, 5.41) is 0. The Bertz CT molecular complexity index is 90.9. The van der Waals surface area contributed by atoms with Crippen molar-refractivity contribution in [2.45, 2.75) is 6.92 Å². The van der Waals surface area contributed by atoms with Crippen LogP contribution in [0.1, 0.15) is 6.92 Å². The molecular weight excluding hydrogens is 150 g/mol. The van der Waals surface area contributed by atoms with Gasteiger partial charge in [-0.3, -0.25) is 0 Å². The van der Waals surface area contributed by atoms with E-state index >= 15 is 0 Å². The molecule has 0 unspecified atom stereocenters. The molecule has 0 N–H and O–H groups in total. The zero-order valence-electron chi connectivity index (χ0n) is 6.59. The lowest BCUT2D eigenvalue weighted by Gasteiger charge is -1.86. The van der Waals surface area contributed by atoms with Crippen LogP contribution >= 0.6 is 0 Å². The maximum atomic E-state index is 9.11. The van der Waals surface area contributed by atoms with Gasteiger partial charge in [0.2, 0.25) is 6.08 Å². The van der Waals surface area contributed by atoms with Crippen molar-refractivity contribution in [2.75, 3.05) is 20.8 Å². The minimum Gasteiger partial charge on any atom is -0.402 e. The van der Waals surface area contributed by atoms with Gasteiger partial charge in [-0.2, -0.15) is 0 Å². The highest BCUT2D eigenvalue weighted by molar-refractivity contribution is 6.17. The highest BCUT2D eigenvalue weighted by Gasteiger charge is 1.67. The Labute approximate surface area is 63.3 Å². The van der Waals surface area contributed by atoms with Crippen molar-refractivity contribution < 1.29 is 13.6 Å². The molecule has 0 aliphatic carbocycles. The first kappa shape index (κ1) is 12.2. The van der Waals surface area contributed by atoms with Crippen LogP contribution in [0.25, 0.3) is 0 Å². The number of hydrogen-bond donors (Lipinski definition) is 0. The van der Waals surface area contributed by atoms with Crippen molar-refractivity contribution in [2.24, 2.45) is 4.99 Å². The first-order valence-electron chi connectivity index (χ1n) is 2.84. The van der Waals surface area contributed by atoms with E-state index in [-0.39, 0.29) is 0 Å². The lowest BCUT2D eigenvalue weighted by molar-refractivity contribution is 0.309. The maximum absolute atomic E-state index is 9.11. The smallest absolute Gasteiger partial charge is 0.303 e. The van der Waals surface area contributed by atoms with Gasteiger partial charge in [-0.25, -0.2) is 9.79 Å². The number of carbonyl (C=O) groups excluding carboxylic acids is 1. The Balaban J connectivity index is 0. The Morgan fingerprint density at radius 2 is 2.00 bits per heavy atom. The third-order valence-corrected chi connectivity index (χ3v) is 0.930. The summed E-state index contributed by atoms with van der Waals surface area (Å²) in [4.78, 5) is 12.3. The second-order valence-corrected chi connectivity index (χ2v) is 2.65. The molecule has 0 rings (SSSR count). The summed E-state index contributed by atoms with van der Waals surface area (Å²) in [6.45, 7) is 2.33. The summed E-state index contributed by atoms with van der Waals surface area (Å²) in [5.41, 5.74) is 0. The van der Waals surface area contributed by atoms with Gasteiger partial charge >= 0.3 is 10.0 Å². The Hall–Kier alpha value is -0.483. The highest BCUT2D eigenvalue weighted by Crippen LogP contribution is 1.55. The number of hydrogen-bond acceptors (Lipinski definition) is 4. The molecule has 0 amide bonds. The predicted molar refractivity (Wildman–Crippen MR) is 41.2 cm³/mol. The third kappa shape index (κ3) is 25.8. The van der Waals surface area contributed by atoms with Gasteiger partial charge in [0.1, 0.15) is 0 Å². The van der Waals surface area contributed by atoms with E-state index in [4.69, 9.17) is 4.79 Å². The molecule has 0 bridgehead atoms. The summed E-state index contributed by atoms with van der Waals surface area (Å²) < 4.78 is 9.22. The summed E-state index contributed by atoms with van der Waals surface area (Å²) in [6.07, 6.45) is 1.39. The molecule has 0 heterocycles. The van der Waals surface area contributed by atoms with Crippen molar-refractivity contribution in [1.82, 2.24) is 0 Å². The second kappa shape index (κ2) is 15.8. The van der Waals surface area contributed by atoms with Crippen LogP contribution in [-0.2, 0) is 13.6 Å². The zero-order valence-corrected chi connectivity index (χ0v) is 8.00. The third-order valence-electron chi connectivity index (χ3n) is 0.458. The van der Waals surface area contributed by atoms with Crippen LogP contribution in [0.5, 0.6) is 0 Å². The van der Waals surface area contributed by atoms with Crippen molar-refractivity contribution in [3.8, 4) is 0 Å². The zero-order chi connectivity index (χ0) is 8.24. The summed E-state index contributed by atoms with van der Waals surface area (Å²) in [6, 6.07) is 0. The van der Waals surface area contributed by atoms with Crippen LogP contribution in [0.15, 0.2) is 4.99 Å². The minimum atomic E-state index is -0.568. The number of isocyanates is 1. The molecule has 0 aliphatic heterocycles. The van der Waals surface area contributed by atoms with Crippen LogP contribution in [0, 0.1) is 0 Å². The fraction of sp³-hybridized carbons (Fsp3) is 0.800. The maximum Gasteiger partial charge on any atom is 0.303 e. The Morgan fingerprint density at radius 1 is 1.50 bits per heavy atom. The van der Waals surface area contributed by atoms with Gasteiger partial charge in [-0.05, 0) is 6.92 Å². The molecule has 0 saturated heterocycles. The fourth-order valence-corrected chi connectivity index (χ4v) is 0.418. The molecule has 0 saturated carbocycles. The van der Waals surface area contributed by atoms with Crippen molar-refractivity contribution >= 4 is 16.1 Å². The van der Waals surface area contributed by atoms with Gasteiger partial charge in [-0.15, -0.1) is 0 Å². The highest BCUT2D eigenvalue weighted by atomic mass is 28.3. The van der Waals surface area contributed by atoms with E-state index in [1.807, 2.05) is 0 Å². The van der Waals surface area contributed by atoms with Crippen molar-refractivity contribution in [3.05, 3.63) is 0 Å². The SMILES string of the molecule is CCN=C=O.CO[SiH2]OC. The first-order valence-corrected chi connectivity index (χ1v) is 4.00. The van der Waals surface area contributed by atoms with E-state index in [1.165, 1.54) is 6.08 Å². The van der Waals surface area contributed by atoms with Crippen molar-refractivity contribution in [3.63, 3.8) is 0 Å². The normalized spacial score (nSPS) is 7.10. The topological polar surface area (TPSA) is 47.9 Å². The van der Waals surface area contributed by atoms with Crippen LogP contribution in [0.3, 0.4) is 0 Å². The molecule has 5 heteroatoms. The minimum absolute atomic E-state index is 0.545. The van der Waals surface area contributed by atoms with Crippen LogP contribution < -0.4 is 0 Å². The second-order valence-electron chi connectivity index (χ2n) is 1.26. The first-order chi connectivity index (χ1) is 4.83. The average Bonchev–Trinajstić information content (AvgIpc) is 1.93. The Morgan fingerprint density at radius 3 is 2.00 bits per heavy atom. The predicted octanol–water partition coefficient (Wildman–Crippen LogP) is -0.380. The van der Waals surface area contributed by atoms with Gasteiger partial charge in [0.25, 0.3) is 0 Å². The monoisotopic (exact) mass is 163 g/mol. The van der Waals surface area contributed by atoms with Gasteiger partial charge in [-0.1, -0.05) is 0 Å². The van der Waals surface area contributed by atoms with E-state index in [9.17, 15) is 0 Å². The quantitative estimate of drug-likeness (QED) is 0.324. The average molecular weight is 163 g/mol. The molecular formula is C5H13NO3Si. The number of aliphatic imine (C=N–C) groups is 1. The van der Waals surface area contributed by atoms with Gasteiger partial charge < -0.3 is 8.85 Å². The lowest BCUT2D eigenvalue weighted by Crippen LogP contribution is -1.93. The molecule has 0 atom stereocenters. The van der Waals surface area contributed by atoms with E-state index in [2.05, 4.69) is 13.8 Å². The molecule has 0 aromatic carbocycles. The van der Waals surface area contributed by atoms with Gasteiger partial charge in [0, 0.05) is 20.8 Å². The van der Waals surface area contributed by atoms with Crippen LogP contribution in [0.4, 0.5) is 0 Å². The van der Waals surface area contributed by atoms with E-state index in [1.54, 1.807) is 21.1 Å². The van der Waals surface area contributed by atoms with E-state index < -0.39 is 10.0 Å². The standard InChI is InChI=1S/C3H5NO.C2H8O2Si/c1-2-4-3-5;1-3-5-4-2/h2H2,1H3;5H2,1-2H3. The van der Waals surface area contributed by atoms with Crippen LogP contribution in [0.2, 0.25) is 0 Å². The van der Waals surface area contributed by atoms with Gasteiger partial charge in [0.05, 0.1) is 0 Å². The van der Waals surface area contributed by atoms with Crippen molar-refractivity contribution in [1.29, 1.82) is 0 Å². The lowest BCUT2D eigenvalue weighted by atomic mass is 10.8. The molecule has 60 valence electrons. The number of nitrogens with zero attached hydrogens (tertiary/aromatic N) is 1. The Kier molecular flexibility index (Phi) is 19.3. The molecule has 0 aliphatic rings. The summed E-state index contributed by atoms with van der Waals surface area (Å²) >= 11 is 0. The molecule has 10 heavy (non-hydrogen) atoms. The largest absolute Gasteiger partial charge is 0.402 e. The summed E-state index contributed by atoms with van der Waals surface area (Å²) in [7, 11) is 2.73. The summed E-state index contributed by atoms with van der Waals surface area (Å²) in [5.74, 6) is 0. The molecule has 0 fully saturated rings. The number of rotatable bonds is 3. The van der Waals surface area contributed by atoms with E-state index in [0.717, 1.165) is 0 Å². The van der Waals surface area contributed by atoms with Crippen LogP contribution in [-0.4, -0.2) is 36.9 Å². The van der Waals surface area contributed by atoms with Gasteiger partial charge in [0.15, 0.2) is 0 Å².